The second kappa shape index (κ2) is 4.43. The Bertz CT molecular complexity index is 630. The van der Waals surface area contributed by atoms with Crippen LogP contribution in [0.5, 0.6) is 0 Å². The molecule has 2 rings (SSSR count). The number of sulfonamides is 1. The molecular weight excluding hydrogens is 284 g/mol. The Hall–Kier alpha value is -1.45. The van der Waals surface area contributed by atoms with Gasteiger partial charge in [-0.1, -0.05) is 0 Å². The third-order valence-corrected chi connectivity index (χ3v) is 5.00. The highest BCUT2D eigenvalue weighted by Crippen LogP contribution is 2.24. The Morgan fingerprint density at radius 2 is 2.12 bits per heavy atom. The van der Waals surface area contributed by atoms with E-state index in [1.54, 1.807) is 5.38 Å². The Morgan fingerprint density at radius 3 is 2.71 bits per heavy atom. The lowest BCUT2D eigenvalue weighted by Gasteiger charge is -2.03. The van der Waals surface area contributed by atoms with E-state index in [0.29, 0.717) is 0 Å². The van der Waals surface area contributed by atoms with Gasteiger partial charge in [0.05, 0.1) is 0 Å². The molecule has 2 aromatic heterocycles. The Balaban J connectivity index is 2.38. The average Bonchev–Trinajstić information content (AvgIpc) is 2.84. The van der Waals surface area contributed by atoms with Crippen LogP contribution in [0.3, 0.4) is 0 Å². The lowest BCUT2D eigenvalue weighted by molar-refractivity contribution is 0.0698. The highest BCUT2D eigenvalue weighted by atomic mass is 32.2. The van der Waals surface area contributed by atoms with Gasteiger partial charge < -0.3 is 5.11 Å². The van der Waals surface area contributed by atoms with Crippen LogP contribution in [0, 0.1) is 0 Å². The molecule has 0 spiro atoms. The van der Waals surface area contributed by atoms with Gasteiger partial charge in [-0.15, -0.1) is 22.7 Å². The van der Waals surface area contributed by atoms with Gasteiger partial charge in [-0.2, -0.15) is 0 Å². The molecule has 0 amide bonds. The molecule has 90 valence electrons. The summed E-state index contributed by atoms with van der Waals surface area (Å²) in [5.41, 5.74) is 0. The predicted octanol–water partition coefficient (Wildman–Crippen LogP) is 1.70. The zero-order chi connectivity index (χ0) is 12.5. The number of carbonyl (C=O) groups is 1. The fourth-order valence-corrected chi connectivity index (χ4v) is 4.16. The van der Waals surface area contributed by atoms with E-state index in [2.05, 4.69) is 9.71 Å². The topological polar surface area (TPSA) is 96.4 Å². The molecule has 0 aromatic carbocycles. The monoisotopic (exact) mass is 290 g/mol. The minimum atomic E-state index is -3.89. The van der Waals surface area contributed by atoms with E-state index in [0.717, 1.165) is 22.7 Å². The van der Waals surface area contributed by atoms with Crippen molar-refractivity contribution in [3.63, 3.8) is 0 Å². The van der Waals surface area contributed by atoms with Gasteiger partial charge in [0.1, 0.15) is 9.77 Å². The number of aromatic carboxylic acids is 1. The SMILES string of the molecule is O=C(O)c1sccc1S(=O)(=O)Nc1nccs1. The van der Waals surface area contributed by atoms with Crippen LogP contribution in [0.2, 0.25) is 0 Å². The normalized spacial score (nSPS) is 11.3. The summed E-state index contributed by atoms with van der Waals surface area (Å²) in [5, 5.41) is 12.1. The highest BCUT2D eigenvalue weighted by Gasteiger charge is 2.24. The molecule has 0 atom stereocenters. The molecule has 17 heavy (non-hydrogen) atoms. The van der Waals surface area contributed by atoms with Crippen molar-refractivity contribution in [3.8, 4) is 0 Å². The van der Waals surface area contributed by atoms with Gasteiger partial charge >= 0.3 is 5.97 Å². The van der Waals surface area contributed by atoms with Crippen molar-refractivity contribution < 1.29 is 18.3 Å². The van der Waals surface area contributed by atoms with Gasteiger partial charge in [-0.25, -0.2) is 18.2 Å². The molecule has 0 unspecified atom stereocenters. The molecule has 0 aliphatic heterocycles. The molecule has 0 bridgehead atoms. The van der Waals surface area contributed by atoms with E-state index in [9.17, 15) is 13.2 Å². The number of hydrogen-bond acceptors (Lipinski definition) is 6. The lowest BCUT2D eigenvalue weighted by atomic mass is 10.5. The number of hydrogen-bond donors (Lipinski definition) is 2. The van der Waals surface area contributed by atoms with E-state index in [4.69, 9.17) is 5.11 Å². The molecular formula is C8H6N2O4S3. The first-order chi connectivity index (χ1) is 8.00. The molecule has 2 heterocycles. The van der Waals surface area contributed by atoms with Crippen molar-refractivity contribution in [2.45, 2.75) is 4.90 Å². The zero-order valence-corrected chi connectivity index (χ0v) is 10.6. The van der Waals surface area contributed by atoms with Crippen molar-refractivity contribution in [2.75, 3.05) is 4.72 Å². The molecule has 0 saturated carbocycles. The van der Waals surface area contributed by atoms with E-state index in [1.807, 2.05) is 0 Å². The van der Waals surface area contributed by atoms with Crippen LogP contribution < -0.4 is 4.72 Å². The smallest absolute Gasteiger partial charge is 0.347 e. The number of thiazole rings is 1. The van der Waals surface area contributed by atoms with Crippen LogP contribution in [-0.2, 0) is 10.0 Å². The van der Waals surface area contributed by atoms with Crippen molar-refractivity contribution in [1.29, 1.82) is 0 Å². The van der Waals surface area contributed by atoms with Crippen LogP contribution in [0.1, 0.15) is 9.67 Å². The standard InChI is InChI=1S/C8H6N2O4S3/c11-7(12)6-5(1-3-15-6)17(13,14)10-8-9-2-4-16-8/h1-4H,(H,9,10)(H,11,12). The first-order valence-electron chi connectivity index (χ1n) is 4.24. The molecule has 0 aliphatic rings. The number of anilines is 1. The second-order valence-electron chi connectivity index (χ2n) is 2.86. The predicted molar refractivity (Wildman–Crippen MR) is 64.2 cm³/mol. The van der Waals surface area contributed by atoms with Crippen LogP contribution in [-0.4, -0.2) is 24.5 Å². The minimum Gasteiger partial charge on any atom is -0.477 e. The van der Waals surface area contributed by atoms with Crippen molar-refractivity contribution in [1.82, 2.24) is 4.98 Å². The summed E-state index contributed by atoms with van der Waals surface area (Å²) < 4.78 is 26.0. The first kappa shape index (κ1) is 12.0. The summed E-state index contributed by atoms with van der Waals surface area (Å²) in [6, 6.07) is 1.25. The molecule has 9 heteroatoms. The van der Waals surface area contributed by atoms with Gasteiger partial charge in [-0.05, 0) is 11.4 Å². The fourth-order valence-electron chi connectivity index (χ4n) is 1.11. The van der Waals surface area contributed by atoms with Crippen molar-refractivity contribution >= 4 is 43.8 Å². The number of carboxylic acid groups (broad SMARTS) is 1. The van der Waals surface area contributed by atoms with Crippen molar-refractivity contribution in [3.05, 3.63) is 27.9 Å². The minimum absolute atomic E-state index is 0.201. The van der Waals surface area contributed by atoms with Crippen LogP contribution in [0.25, 0.3) is 0 Å². The number of nitrogens with one attached hydrogen (secondary N) is 1. The lowest BCUT2D eigenvalue weighted by Crippen LogP contribution is -2.14. The maximum atomic E-state index is 11.9. The van der Waals surface area contributed by atoms with Gasteiger partial charge in [0.15, 0.2) is 5.13 Å². The van der Waals surface area contributed by atoms with Gasteiger partial charge in [0.2, 0.25) is 0 Å². The highest BCUT2D eigenvalue weighted by molar-refractivity contribution is 7.93. The zero-order valence-electron chi connectivity index (χ0n) is 8.15. The molecule has 0 fully saturated rings. The summed E-state index contributed by atoms with van der Waals surface area (Å²) >= 11 is 1.98. The summed E-state index contributed by atoms with van der Waals surface area (Å²) in [5.74, 6) is -1.26. The van der Waals surface area contributed by atoms with Gasteiger partial charge in [-0.3, -0.25) is 4.72 Å². The molecule has 6 nitrogen and oxygen atoms in total. The van der Waals surface area contributed by atoms with E-state index >= 15 is 0 Å². The van der Waals surface area contributed by atoms with Gasteiger partial charge in [0, 0.05) is 11.6 Å². The average molecular weight is 290 g/mol. The summed E-state index contributed by atoms with van der Waals surface area (Å²) in [6.45, 7) is 0. The number of rotatable bonds is 4. The second-order valence-corrected chi connectivity index (χ2v) is 6.32. The molecule has 0 saturated heterocycles. The quantitative estimate of drug-likeness (QED) is 0.893. The number of nitrogens with zero attached hydrogens (tertiary/aromatic N) is 1. The van der Waals surface area contributed by atoms with E-state index in [1.165, 1.54) is 17.6 Å². The van der Waals surface area contributed by atoms with Crippen LogP contribution in [0.15, 0.2) is 27.9 Å². The van der Waals surface area contributed by atoms with E-state index < -0.39 is 16.0 Å². The first-order valence-corrected chi connectivity index (χ1v) is 7.48. The summed E-state index contributed by atoms with van der Waals surface area (Å²) in [4.78, 5) is 14.1. The molecule has 0 aliphatic carbocycles. The van der Waals surface area contributed by atoms with Crippen molar-refractivity contribution in [2.24, 2.45) is 0 Å². The maximum Gasteiger partial charge on any atom is 0.347 e. The summed E-state index contributed by atoms with van der Waals surface area (Å²) in [6.07, 6.45) is 1.45. The van der Waals surface area contributed by atoms with E-state index in [-0.39, 0.29) is 14.9 Å². The Kier molecular flexibility index (Phi) is 3.13. The van der Waals surface area contributed by atoms with Crippen LogP contribution in [0.4, 0.5) is 5.13 Å². The summed E-state index contributed by atoms with van der Waals surface area (Å²) in [7, 11) is -3.89. The third-order valence-electron chi connectivity index (χ3n) is 1.77. The third kappa shape index (κ3) is 2.46. The number of aromatic nitrogens is 1. The molecule has 2 aromatic rings. The Labute approximate surface area is 105 Å². The molecule has 0 radical (unpaired) electrons. The molecule has 2 N–H and O–H groups in total. The van der Waals surface area contributed by atoms with Crippen LogP contribution >= 0.6 is 22.7 Å². The number of carboxylic acids is 1. The Morgan fingerprint density at radius 1 is 1.35 bits per heavy atom. The fraction of sp³-hybridized carbons (Fsp3) is 0. The number of thiophene rings is 1. The van der Waals surface area contributed by atoms with Gasteiger partial charge in [0.25, 0.3) is 10.0 Å². The maximum absolute atomic E-state index is 11.9. The largest absolute Gasteiger partial charge is 0.477 e.